The highest BCUT2D eigenvalue weighted by Gasteiger charge is 2.36. The fourth-order valence-electron chi connectivity index (χ4n) is 3.84. The average Bonchev–Trinajstić information content (AvgIpc) is 2.85. The van der Waals surface area contributed by atoms with Crippen molar-refractivity contribution in [1.82, 2.24) is 15.1 Å². The van der Waals surface area contributed by atoms with E-state index in [1.807, 2.05) is 20.8 Å². The van der Waals surface area contributed by atoms with Crippen molar-refractivity contribution in [1.29, 1.82) is 0 Å². The van der Waals surface area contributed by atoms with Gasteiger partial charge in [0.25, 0.3) is 0 Å². The number of nitrogens with zero attached hydrogens (tertiary/aromatic N) is 3. The first kappa shape index (κ1) is 19.2. The molecule has 1 aromatic rings. The number of ether oxygens (including phenoxy) is 1. The lowest BCUT2D eigenvalue weighted by molar-refractivity contribution is 0.0206. The number of hydrogen-bond donors (Lipinski definition) is 1. The Hall–Kier alpha value is -1.56. The highest BCUT2D eigenvalue weighted by atomic mass is 35.5. The molecule has 2 heterocycles. The molecule has 1 aliphatic carbocycles. The Balaban J connectivity index is 1.72. The Labute approximate surface area is 160 Å². The first-order valence-corrected chi connectivity index (χ1v) is 9.74. The first-order valence-electron chi connectivity index (χ1n) is 9.37. The van der Waals surface area contributed by atoms with Gasteiger partial charge in [-0.2, -0.15) is 0 Å². The van der Waals surface area contributed by atoms with Gasteiger partial charge in [-0.25, -0.2) is 4.79 Å². The van der Waals surface area contributed by atoms with Crippen molar-refractivity contribution in [3.8, 4) is 0 Å². The molecule has 2 aliphatic rings. The minimum absolute atomic E-state index is 0.0217. The standard InChI is InChI=1S/C19H29ClN4O2/c1-18(2,3)26-17(25)24-10-6-7-12(11-24)21-16-13-8-9-19(4,5)14(13)15(20)22-23-16/h12H,6-11H2,1-5H3,(H,21,23). The molecule has 0 radical (unpaired) electrons. The number of nitrogens with one attached hydrogen (secondary N) is 1. The second-order valence-corrected chi connectivity index (χ2v) is 9.34. The van der Waals surface area contributed by atoms with E-state index in [4.69, 9.17) is 16.3 Å². The van der Waals surface area contributed by atoms with Gasteiger partial charge in [0.15, 0.2) is 11.0 Å². The summed E-state index contributed by atoms with van der Waals surface area (Å²) in [7, 11) is 0. The summed E-state index contributed by atoms with van der Waals surface area (Å²) in [6, 6.07) is 0.138. The third-order valence-electron chi connectivity index (χ3n) is 5.12. The maximum absolute atomic E-state index is 12.4. The normalized spacial score (nSPS) is 22.1. The number of amides is 1. The summed E-state index contributed by atoms with van der Waals surface area (Å²) < 4.78 is 5.51. The van der Waals surface area contributed by atoms with Gasteiger partial charge in [0.2, 0.25) is 0 Å². The lowest BCUT2D eigenvalue weighted by Gasteiger charge is -2.34. The smallest absolute Gasteiger partial charge is 0.410 e. The number of hydrogen-bond acceptors (Lipinski definition) is 5. The van der Waals surface area contributed by atoms with E-state index in [2.05, 4.69) is 29.4 Å². The molecule has 1 atom stereocenters. The van der Waals surface area contributed by atoms with Gasteiger partial charge < -0.3 is 15.0 Å². The molecule has 144 valence electrons. The maximum Gasteiger partial charge on any atom is 0.410 e. The molecule has 1 aliphatic heterocycles. The van der Waals surface area contributed by atoms with E-state index in [9.17, 15) is 4.79 Å². The molecule has 0 aromatic carbocycles. The van der Waals surface area contributed by atoms with E-state index >= 15 is 0 Å². The van der Waals surface area contributed by atoms with E-state index in [1.54, 1.807) is 4.90 Å². The van der Waals surface area contributed by atoms with Gasteiger partial charge in [-0.15, -0.1) is 10.2 Å². The molecule has 1 aromatic heterocycles. The van der Waals surface area contributed by atoms with Crippen LogP contribution in [0.1, 0.15) is 65.0 Å². The lowest BCUT2D eigenvalue weighted by atomic mass is 9.88. The van der Waals surface area contributed by atoms with Crippen LogP contribution in [-0.4, -0.2) is 45.9 Å². The summed E-state index contributed by atoms with van der Waals surface area (Å²) in [6.45, 7) is 11.4. The number of aromatic nitrogens is 2. The SMILES string of the molecule is CC(C)(C)OC(=O)N1CCCC(Nc2nnc(Cl)c3c2CCC3(C)C)C1. The van der Waals surface area contributed by atoms with Crippen LogP contribution < -0.4 is 5.32 Å². The van der Waals surface area contributed by atoms with Crippen LogP contribution in [0, 0.1) is 0 Å². The number of carbonyl (C=O) groups excluding carboxylic acids is 1. The van der Waals surface area contributed by atoms with Crippen molar-refractivity contribution in [3.63, 3.8) is 0 Å². The molecular weight excluding hydrogens is 352 g/mol. The largest absolute Gasteiger partial charge is 0.444 e. The molecule has 1 N–H and O–H groups in total. The summed E-state index contributed by atoms with van der Waals surface area (Å²) >= 11 is 6.32. The van der Waals surface area contributed by atoms with Gasteiger partial charge in [-0.05, 0) is 51.9 Å². The van der Waals surface area contributed by atoms with Gasteiger partial charge >= 0.3 is 6.09 Å². The van der Waals surface area contributed by atoms with Crippen LogP contribution in [0.5, 0.6) is 0 Å². The zero-order valence-corrected chi connectivity index (χ0v) is 17.1. The molecular formula is C19H29ClN4O2. The Morgan fingerprint density at radius 1 is 1.35 bits per heavy atom. The van der Waals surface area contributed by atoms with Crippen molar-refractivity contribution in [3.05, 3.63) is 16.3 Å². The van der Waals surface area contributed by atoms with Gasteiger partial charge in [-0.3, -0.25) is 0 Å². The number of halogens is 1. The molecule has 0 saturated carbocycles. The molecule has 0 spiro atoms. The molecule has 0 bridgehead atoms. The van der Waals surface area contributed by atoms with Crippen molar-refractivity contribution < 1.29 is 9.53 Å². The number of likely N-dealkylation sites (tertiary alicyclic amines) is 1. The molecule has 1 fully saturated rings. The third-order valence-corrected chi connectivity index (χ3v) is 5.39. The molecule has 1 amide bonds. The highest BCUT2D eigenvalue weighted by molar-refractivity contribution is 6.30. The van der Waals surface area contributed by atoms with E-state index in [1.165, 1.54) is 5.56 Å². The minimum Gasteiger partial charge on any atom is -0.444 e. The predicted octanol–water partition coefficient (Wildman–Crippen LogP) is 4.17. The Morgan fingerprint density at radius 3 is 2.77 bits per heavy atom. The van der Waals surface area contributed by atoms with Crippen molar-refractivity contribution in [2.24, 2.45) is 0 Å². The average molecular weight is 381 g/mol. The zero-order chi connectivity index (χ0) is 19.1. The lowest BCUT2D eigenvalue weighted by Crippen LogP contribution is -2.47. The van der Waals surface area contributed by atoms with E-state index < -0.39 is 5.60 Å². The monoisotopic (exact) mass is 380 g/mol. The predicted molar refractivity (Wildman–Crippen MR) is 103 cm³/mol. The second kappa shape index (κ2) is 6.87. The van der Waals surface area contributed by atoms with Gasteiger partial charge in [0, 0.05) is 30.3 Å². The summed E-state index contributed by atoms with van der Waals surface area (Å²) in [4.78, 5) is 14.1. The van der Waals surface area contributed by atoms with E-state index in [0.29, 0.717) is 11.7 Å². The fourth-order valence-corrected chi connectivity index (χ4v) is 4.25. The fraction of sp³-hybridized carbons (Fsp3) is 0.737. The zero-order valence-electron chi connectivity index (χ0n) is 16.4. The molecule has 1 unspecified atom stereocenters. The van der Waals surface area contributed by atoms with Crippen molar-refractivity contribution in [2.75, 3.05) is 18.4 Å². The number of anilines is 1. The van der Waals surface area contributed by atoms with Crippen LogP contribution in [0.2, 0.25) is 5.15 Å². The molecule has 26 heavy (non-hydrogen) atoms. The van der Waals surface area contributed by atoms with Crippen LogP contribution in [0.25, 0.3) is 0 Å². The number of rotatable bonds is 2. The number of piperidine rings is 1. The third kappa shape index (κ3) is 4.05. The summed E-state index contributed by atoms with van der Waals surface area (Å²) in [6.07, 6.45) is 3.66. The molecule has 3 rings (SSSR count). The summed E-state index contributed by atoms with van der Waals surface area (Å²) in [5, 5.41) is 12.5. The van der Waals surface area contributed by atoms with Crippen molar-refractivity contribution >= 4 is 23.5 Å². The van der Waals surface area contributed by atoms with Crippen LogP contribution in [-0.2, 0) is 16.6 Å². The van der Waals surface area contributed by atoms with Crippen molar-refractivity contribution in [2.45, 2.75) is 77.4 Å². The minimum atomic E-state index is -0.481. The van der Waals surface area contributed by atoms with Gasteiger partial charge in [0.05, 0.1) is 0 Å². The second-order valence-electron chi connectivity index (χ2n) is 8.99. The van der Waals surface area contributed by atoms with Gasteiger partial charge in [0.1, 0.15) is 5.60 Å². The molecule has 7 heteroatoms. The molecule has 6 nitrogen and oxygen atoms in total. The topological polar surface area (TPSA) is 67.3 Å². The van der Waals surface area contributed by atoms with E-state index in [-0.39, 0.29) is 17.6 Å². The number of carbonyl (C=O) groups is 1. The maximum atomic E-state index is 12.4. The van der Waals surface area contributed by atoms with E-state index in [0.717, 1.165) is 43.6 Å². The summed E-state index contributed by atoms with van der Waals surface area (Å²) in [5.41, 5.74) is 1.82. The Bertz CT molecular complexity index is 700. The first-order chi connectivity index (χ1) is 12.1. The van der Waals surface area contributed by atoms with Crippen LogP contribution >= 0.6 is 11.6 Å². The van der Waals surface area contributed by atoms with Crippen LogP contribution in [0.4, 0.5) is 10.6 Å². The number of fused-ring (bicyclic) bond motifs is 1. The molecule has 1 saturated heterocycles. The van der Waals surface area contributed by atoms with Crippen LogP contribution in [0.15, 0.2) is 0 Å². The Morgan fingerprint density at radius 2 is 2.08 bits per heavy atom. The van der Waals surface area contributed by atoms with Crippen LogP contribution in [0.3, 0.4) is 0 Å². The van der Waals surface area contributed by atoms with Gasteiger partial charge in [-0.1, -0.05) is 25.4 Å². The quantitative estimate of drug-likeness (QED) is 0.834. The summed E-state index contributed by atoms with van der Waals surface area (Å²) in [5.74, 6) is 0.811. The Kier molecular flexibility index (Phi) is 5.08. The highest BCUT2D eigenvalue weighted by Crippen LogP contribution is 2.43.